The summed E-state index contributed by atoms with van der Waals surface area (Å²) in [6, 6.07) is 11.5. The fourth-order valence-corrected chi connectivity index (χ4v) is 4.88. The van der Waals surface area contributed by atoms with Crippen molar-refractivity contribution in [3.8, 4) is 0 Å². The fraction of sp³-hybridized carbons (Fsp3) is 0.286. The number of benzene rings is 2. The summed E-state index contributed by atoms with van der Waals surface area (Å²) in [5, 5.41) is 8.91. The Morgan fingerprint density at radius 3 is 2.50 bits per heavy atom. The third kappa shape index (κ3) is 5.02. The molecule has 0 saturated carbocycles. The van der Waals surface area contributed by atoms with Crippen LogP contribution in [0.25, 0.3) is 0 Å². The summed E-state index contributed by atoms with van der Waals surface area (Å²) in [4.78, 5) is 27.2. The summed E-state index contributed by atoms with van der Waals surface area (Å²) in [7, 11) is 0. The Morgan fingerprint density at radius 2 is 1.88 bits per heavy atom. The van der Waals surface area contributed by atoms with Crippen LogP contribution in [0.5, 0.6) is 0 Å². The van der Waals surface area contributed by atoms with Crippen LogP contribution in [0.2, 0.25) is 5.02 Å². The Morgan fingerprint density at radius 1 is 1.16 bits per heavy atom. The van der Waals surface area contributed by atoms with E-state index in [2.05, 4.69) is 26.3 Å². The second kappa shape index (κ2) is 9.39. The highest BCUT2D eigenvalue weighted by atomic mass is 79.9. The van der Waals surface area contributed by atoms with E-state index in [1.165, 1.54) is 11.1 Å². The lowest BCUT2D eigenvalue weighted by Crippen LogP contribution is -2.45. The van der Waals surface area contributed by atoms with E-state index in [0.717, 1.165) is 16.5 Å². The number of hydrogen-bond acceptors (Lipinski definition) is 3. The monoisotopic (exact) mass is 576 g/mol. The lowest BCUT2D eigenvalue weighted by Gasteiger charge is -2.25. The van der Waals surface area contributed by atoms with E-state index in [1.54, 1.807) is 17.0 Å². The molecule has 2 aliphatic rings. The van der Waals surface area contributed by atoms with Crippen LogP contribution in [0.1, 0.15) is 24.0 Å². The molecule has 2 aromatic carbocycles. The van der Waals surface area contributed by atoms with Gasteiger partial charge in [-0.05, 0) is 36.8 Å². The number of nitrogens with zero attached hydrogens (tertiary/aromatic N) is 3. The zero-order valence-corrected chi connectivity index (χ0v) is 21.1. The average molecular weight is 579 g/mol. The lowest BCUT2D eigenvalue weighted by molar-refractivity contribution is -0.128. The van der Waals surface area contributed by atoms with Gasteiger partial charge in [-0.15, -0.1) is 0 Å². The Labute approximate surface area is 213 Å². The standard InChI is InChI=1S/C21H17BrCl4N4O2/c22-13-5-3-12(4-6-13)19-17(29-9-1-2-18(29)31)11-30(28-19)20(32)27-14-7-8-16(23)15(10-14)21(24,25)26/h3-8,10,17H,1-2,9,11H2,(H,27,32). The molecule has 0 aliphatic carbocycles. The minimum absolute atomic E-state index is 0.0621. The number of halogens is 5. The van der Waals surface area contributed by atoms with Crippen molar-refractivity contribution >= 4 is 85.7 Å². The van der Waals surface area contributed by atoms with E-state index in [-0.39, 0.29) is 29.1 Å². The molecule has 1 fully saturated rings. The number of nitrogens with one attached hydrogen (secondary N) is 1. The average Bonchev–Trinajstić information content (AvgIpc) is 3.35. The molecule has 1 unspecified atom stereocenters. The number of carbonyl (C=O) groups excluding carboxylic acids is 2. The van der Waals surface area contributed by atoms with Crippen LogP contribution in [-0.2, 0) is 8.59 Å². The van der Waals surface area contributed by atoms with Gasteiger partial charge in [-0.1, -0.05) is 74.5 Å². The Balaban J connectivity index is 1.60. The molecule has 1 N–H and O–H groups in total. The number of hydrogen-bond donors (Lipinski definition) is 1. The first-order valence-corrected chi connectivity index (χ1v) is 12.0. The first kappa shape index (κ1) is 23.6. The normalized spacial score (nSPS) is 18.8. The quantitative estimate of drug-likeness (QED) is 0.443. The summed E-state index contributed by atoms with van der Waals surface area (Å²) >= 11 is 27.4. The predicted molar refractivity (Wildman–Crippen MR) is 132 cm³/mol. The highest BCUT2D eigenvalue weighted by Crippen LogP contribution is 2.42. The zero-order valence-electron chi connectivity index (χ0n) is 16.5. The molecular weight excluding hydrogens is 562 g/mol. The first-order chi connectivity index (χ1) is 15.1. The van der Waals surface area contributed by atoms with Gasteiger partial charge in [-0.25, -0.2) is 9.80 Å². The number of carbonyl (C=O) groups is 2. The van der Waals surface area contributed by atoms with Gasteiger partial charge in [0.25, 0.3) is 0 Å². The van der Waals surface area contributed by atoms with Crippen LogP contribution < -0.4 is 5.32 Å². The van der Waals surface area contributed by atoms with Crippen molar-refractivity contribution in [2.45, 2.75) is 22.7 Å². The molecule has 2 aromatic rings. The van der Waals surface area contributed by atoms with E-state index >= 15 is 0 Å². The SMILES string of the molecule is O=C(Nc1ccc(Cl)c(C(Cl)(Cl)Cl)c1)N1CC(N2CCCC2=O)C(c2ccc(Br)cc2)=N1. The fourth-order valence-electron chi connectivity index (χ4n) is 3.74. The van der Waals surface area contributed by atoms with Crippen molar-refractivity contribution in [2.75, 3.05) is 18.4 Å². The van der Waals surface area contributed by atoms with Gasteiger partial charge >= 0.3 is 6.03 Å². The Hall–Kier alpha value is -1.51. The molecule has 168 valence electrons. The maximum absolute atomic E-state index is 13.0. The number of hydrazone groups is 1. The molecule has 0 radical (unpaired) electrons. The van der Waals surface area contributed by atoms with Crippen LogP contribution in [-0.4, -0.2) is 46.7 Å². The number of urea groups is 1. The maximum Gasteiger partial charge on any atom is 0.342 e. The second-order valence-electron chi connectivity index (χ2n) is 7.40. The van der Waals surface area contributed by atoms with Crippen LogP contribution in [0.4, 0.5) is 10.5 Å². The first-order valence-electron chi connectivity index (χ1n) is 9.72. The third-order valence-electron chi connectivity index (χ3n) is 5.27. The minimum atomic E-state index is -1.74. The van der Waals surface area contributed by atoms with Gasteiger partial charge in [0, 0.05) is 39.3 Å². The molecule has 4 rings (SSSR count). The molecule has 0 spiro atoms. The van der Waals surface area contributed by atoms with Gasteiger partial charge < -0.3 is 10.2 Å². The Bertz CT molecular complexity index is 1090. The molecule has 0 bridgehead atoms. The van der Waals surface area contributed by atoms with Crippen molar-refractivity contribution in [2.24, 2.45) is 5.10 Å². The van der Waals surface area contributed by atoms with Crippen molar-refractivity contribution in [3.05, 3.63) is 63.1 Å². The van der Waals surface area contributed by atoms with Crippen molar-refractivity contribution < 1.29 is 9.59 Å². The van der Waals surface area contributed by atoms with Gasteiger partial charge in [0.2, 0.25) is 9.70 Å². The predicted octanol–water partition coefficient (Wildman–Crippen LogP) is 6.17. The number of anilines is 1. The van der Waals surface area contributed by atoms with Crippen molar-refractivity contribution in [1.29, 1.82) is 0 Å². The van der Waals surface area contributed by atoms with Crippen LogP contribution in [0.15, 0.2) is 52.0 Å². The summed E-state index contributed by atoms with van der Waals surface area (Å²) in [6.07, 6.45) is 1.29. The summed E-state index contributed by atoms with van der Waals surface area (Å²) in [5.74, 6) is 0.0621. The van der Waals surface area contributed by atoms with E-state index in [1.807, 2.05) is 24.3 Å². The second-order valence-corrected chi connectivity index (χ2v) is 11.0. The summed E-state index contributed by atoms with van der Waals surface area (Å²) in [6.45, 7) is 0.881. The smallest absolute Gasteiger partial charge is 0.332 e. The van der Waals surface area contributed by atoms with Gasteiger partial charge in [-0.2, -0.15) is 5.10 Å². The maximum atomic E-state index is 13.0. The minimum Gasteiger partial charge on any atom is -0.332 e. The third-order valence-corrected chi connectivity index (χ3v) is 6.74. The molecule has 2 heterocycles. The molecule has 1 saturated heterocycles. The largest absolute Gasteiger partial charge is 0.342 e. The van der Waals surface area contributed by atoms with E-state index in [0.29, 0.717) is 24.4 Å². The molecule has 1 atom stereocenters. The molecule has 32 heavy (non-hydrogen) atoms. The number of rotatable bonds is 3. The van der Waals surface area contributed by atoms with Gasteiger partial charge in [-0.3, -0.25) is 4.79 Å². The molecule has 3 amide bonds. The molecule has 0 aromatic heterocycles. The summed E-state index contributed by atoms with van der Waals surface area (Å²) in [5.41, 5.74) is 2.17. The highest BCUT2D eigenvalue weighted by molar-refractivity contribution is 9.10. The van der Waals surface area contributed by atoms with E-state index in [4.69, 9.17) is 46.4 Å². The van der Waals surface area contributed by atoms with Crippen molar-refractivity contribution in [1.82, 2.24) is 9.91 Å². The number of amides is 3. The van der Waals surface area contributed by atoms with Crippen LogP contribution >= 0.6 is 62.3 Å². The van der Waals surface area contributed by atoms with Gasteiger partial charge in [0.05, 0.1) is 18.3 Å². The molecular formula is C21H17BrCl4N4O2. The zero-order chi connectivity index (χ0) is 23.0. The van der Waals surface area contributed by atoms with Crippen LogP contribution in [0.3, 0.4) is 0 Å². The Kier molecular flexibility index (Phi) is 6.94. The van der Waals surface area contributed by atoms with Crippen LogP contribution in [0, 0.1) is 0 Å². The molecule has 11 heteroatoms. The van der Waals surface area contributed by atoms with Gasteiger partial charge in [0.1, 0.15) is 0 Å². The molecule has 2 aliphatic heterocycles. The lowest BCUT2D eigenvalue weighted by atomic mass is 10.0. The van der Waals surface area contributed by atoms with E-state index < -0.39 is 9.82 Å². The summed E-state index contributed by atoms with van der Waals surface area (Å²) < 4.78 is -0.810. The molecule has 6 nitrogen and oxygen atoms in total. The van der Waals surface area contributed by atoms with Crippen molar-refractivity contribution in [3.63, 3.8) is 0 Å². The number of likely N-dealkylation sites (tertiary alicyclic amines) is 1. The number of alkyl halides is 3. The topological polar surface area (TPSA) is 65.0 Å². The highest BCUT2D eigenvalue weighted by Gasteiger charge is 2.39. The van der Waals surface area contributed by atoms with E-state index in [9.17, 15) is 9.59 Å². The van der Waals surface area contributed by atoms with Gasteiger partial charge in [0.15, 0.2) is 0 Å².